The molecule has 1 rings (SSSR count). The number of nitrogen functional groups attached to an aromatic ring is 1. The zero-order chi connectivity index (χ0) is 11.1. The third-order valence-electron chi connectivity index (χ3n) is 1.98. The van der Waals surface area contributed by atoms with E-state index in [1.807, 2.05) is 27.7 Å². The van der Waals surface area contributed by atoms with E-state index < -0.39 is 0 Å². The minimum atomic E-state index is -0.155. The van der Waals surface area contributed by atoms with E-state index in [-0.39, 0.29) is 5.54 Å². The molecule has 0 aliphatic rings. The quantitative estimate of drug-likeness (QED) is 0.685. The van der Waals surface area contributed by atoms with E-state index in [4.69, 9.17) is 23.7 Å². The van der Waals surface area contributed by atoms with Crippen LogP contribution >= 0.6 is 12.2 Å². The Bertz CT molecular complexity index is 373. The summed E-state index contributed by atoms with van der Waals surface area (Å²) in [7, 11) is 0. The van der Waals surface area contributed by atoms with E-state index >= 15 is 0 Å². The highest BCUT2D eigenvalue weighted by molar-refractivity contribution is 7.80. The van der Waals surface area contributed by atoms with Crippen LogP contribution in [0.5, 0.6) is 0 Å². The molecule has 0 fully saturated rings. The maximum absolute atomic E-state index is 5.92. The van der Waals surface area contributed by atoms with Crippen molar-refractivity contribution in [3.05, 3.63) is 11.3 Å². The van der Waals surface area contributed by atoms with Crippen molar-refractivity contribution in [2.75, 3.05) is 5.73 Å². The second kappa shape index (κ2) is 3.24. The van der Waals surface area contributed by atoms with Crippen LogP contribution in [0.1, 0.15) is 32.0 Å². The largest absolute Gasteiger partial charge is 0.389 e. The summed E-state index contributed by atoms with van der Waals surface area (Å²) in [5.41, 5.74) is 12.8. The van der Waals surface area contributed by atoms with Crippen LogP contribution in [-0.4, -0.2) is 14.8 Å². The fourth-order valence-corrected chi connectivity index (χ4v) is 1.61. The SMILES string of the molecule is Cc1nn(C(C)(C)C)c(N)c1C(N)=S. The Morgan fingerprint density at radius 2 is 1.93 bits per heavy atom. The lowest BCUT2D eigenvalue weighted by Gasteiger charge is -2.20. The van der Waals surface area contributed by atoms with E-state index in [0.717, 1.165) is 5.69 Å². The number of nitrogens with zero attached hydrogens (tertiary/aromatic N) is 2. The molecule has 0 spiro atoms. The predicted molar refractivity (Wildman–Crippen MR) is 62.3 cm³/mol. The predicted octanol–water partition coefficient (Wildman–Crippen LogP) is 1.16. The first-order chi connectivity index (χ1) is 6.25. The van der Waals surface area contributed by atoms with Crippen LogP contribution in [0.3, 0.4) is 0 Å². The van der Waals surface area contributed by atoms with Crippen molar-refractivity contribution >= 4 is 23.0 Å². The topological polar surface area (TPSA) is 69.9 Å². The first-order valence-corrected chi connectivity index (χ1v) is 4.81. The fourth-order valence-electron chi connectivity index (χ4n) is 1.36. The van der Waals surface area contributed by atoms with Crippen molar-refractivity contribution in [2.24, 2.45) is 5.73 Å². The molecule has 4 nitrogen and oxygen atoms in total. The average molecular weight is 212 g/mol. The van der Waals surface area contributed by atoms with Gasteiger partial charge in [-0.25, -0.2) is 4.68 Å². The molecular formula is C9H16N4S. The monoisotopic (exact) mass is 212 g/mol. The first-order valence-electron chi connectivity index (χ1n) is 4.40. The molecule has 14 heavy (non-hydrogen) atoms. The van der Waals surface area contributed by atoms with Crippen LogP contribution in [0.15, 0.2) is 0 Å². The number of nitrogens with two attached hydrogens (primary N) is 2. The van der Waals surface area contributed by atoms with Crippen molar-refractivity contribution in [3.63, 3.8) is 0 Å². The molecule has 0 radical (unpaired) electrons. The van der Waals surface area contributed by atoms with Gasteiger partial charge < -0.3 is 11.5 Å². The van der Waals surface area contributed by atoms with E-state index in [2.05, 4.69) is 5.10 Å². The van der Waals surface area contributed by atoms with E-state index in [1.165, 1.54) is 0 Å². The van der Waals surface area contributed by atoms with Crippen molar-refractivity contribution < 1.29 is 0 Å². The third-order valence-corrected chi connectivity index (χ3v) is 2.18. The van der Waals surface area contributed by atoms with Gasteiger partial charge in [0.1, 0.15) is 10.8 Å². The second-order valence-electron chi connectivity index (χ2n) is 4.29. The highest BCUT2D eigenvalue weighted by atomic mass is 32.1. The number of aryl methyl sites for hydroxylation is 1. The molecule has 78 valence electrons. The molecule has 1 heterocycles. The summed E-state index contributed by atoms with van der Waals surface area (Å²) in [6.07, 6.45) is 0. The summed E-state index contributed by atoms with van der Waals surface area (Å²) in [4.78, 5) is 0.301. The summed E-state index contributed by atoms with van der Waals surface area (Å²) in [5, 5.41) is 4.33. The smallest absolute Gasteiger partial charge is 0.132 e. The Kier molecular flexibility index (Phi) is 2.54. The van der Waals surface area contributed by atoms with E-state index in [9.17, 15) is 0 Å². The Balaban J connectivity index is 3.39. The Labute approximate surface area is 89.3 Å². The number of anilines is 1. The van der Waals surface area contributed by atoms with Crippen LogP contribution in [-0.2, 0) is 5.54 Å². The van der Waals surface area contributed by atoms with Gasteiger partial charge in [0, 0.05) is 0 Å². The van der Waals surface area contributed by atoms with Crippen LogP contribution in [0, 0.1) is 6.92 Å². The summed E-state index contributed by atoms with van der Waals surface area (Å²) in [6, 6.07) is 0. The van der Waals surface area contributed by atoms with Gasteiger partial charge in [-0.2, -0.15) is 5.10 Å². The van der Waals surface area contributed by atoms with Gasteiger partial charge in [-0.3, -0.25) is 0 Å². The maximum Gasteiger partial charge on any atom is 0.132 e. The highest BCUT2D eigenvalue weighted by Gasteiger charge is 2.22. The Hall–Kier alpha value is -1.10. The van der Waals surface area contributed by atoms with Gasteiger partial charge in [-0.05, 0) is 27.7 Å². The molecule has 0 unspecified atom stereocenters. The second-order valence-corrected chi connectivity index (χ2v) is 4.73. The van der Waals surface area contributed by atoms with E-state index in [1.54, 1.807) is 4.68 Å². The zero-order valence-corrected chi connectivity index (χ0v) is 9.77. The zero-order valence-electron chi connectivity index (χ0n) is 8.96. The van der Waals surface area contributed by atoms with Crippen molar-refractivity contribution in [1.82, 2.24) is 9.78 Å². The van der Waals surface area contributed by atoms with Gasteiger partial charge in [-0.15, -0.1) is 0 Å². The number of rotatable bonds is 1. The summed E-state index contributed by atoms with van der Waals surface area (Å²) < 4.78 is 1.75. The molecule has 0 atom stereocenters. The molecule has 5 heteroatoms. The van der Waals surface area contributed by atoms with E-state index in [0.29, 0.717) is 16.4 Å². The summed E-state index contributed by atoms with van der Waals surface area (Å²) in [6.45, 7) is 7.94. The minimum absolute atomic E-state index is 0.155. The Morgan fingerprint density at radius 1 is 1.43 bits per heavy atom. The highest BCUT2D eigenvalue weighted by Crippen LogP contribution is 2.23. The normalized spacial score (nSPS) is 11.7. The molecule has 0 amide bonds. The molecule has 4 N–H and O–H groups in total. The molecule has 0 saturated carbocycles. The molecule has 1 aromatic heterocycles. The molecule has 0 aromatic carbocycles. The standard InChI is InChI=1S/C9H16N4S/c1-5-6(8(11)14)7(10)13(12-5)9(2,3)4/h10H2,1-4H3,(H2,11,14). The molecule has 1 aromatic rings. The fraction of sp³-hybridized carbons (Fsp3) is 0.556. The first kappa shape index (κ1) is 11.0. The minimum Gasteiger partial charge on any atom is -0.389 e. The number of thiocarbonyl (C=S) groups is 1. The maximum atomic E-state index is 5.92. The molecule has 0 aliphatic heterocycles. The number of hydrogen-bond donors (Lipinski definition) is 2. The van der Waals surface area contributed by atoms with Crippen LogP contribution in [0.2, 0.25) is 0 Å². The number of aromatic nitrogens is 2. The van der Waals surface area contributed by atoms with Gasteiger partial charge in [-0.1, -0.05) is 12.2 Å². The van der Waals surface area contributed by atoms with Gasteiger partial charge >= 0.3 is 0 Å². The number of hydrogen-bond acceptors (Lipinski definition) is 3. The van der Waals surface area contributed by atoms with Crippen LogP contribution in [0.25, 0.3) is 0 Å². The third kappa shape index (κ3) is 1.72. The molecule has 0 bridgehead atoms. The average Bonchev–Trinajstić information content (AvgIpc) is 2.24. The Morgan fingerprint density at radius 3 is 2.14 bits per heavy atom. The lowest BCUT2D eigenvalue weighted by molar-refractivity contribution is 0.360. The van der Waals surface area contributed by atoms with Gasteiger partial charge in [0.2, 0.25) is 0 Å². The van der Waals surface area contributed by atoms with Gasteiger partial charge in [0.25, 0.3) is 0 Å². The van der Waals surface area contributed by atoms with Crippen molar-refractivity contribution in [1.29, 1.82) is 0 Å². The summed E-state index contributed by atoms with van der Waals surface area (Å²) >= 11 is 4.92. The van der Waals surface area contributed by atoms with Gasteiger partial charge in [0.05, 0.1) is 16.8 Å². The molecule has 0 aliphatic carbocycles. The van der Waals surface area contributed by atoms with Crippen molar-refractivity contribution in [3.8, 4) is 0 Å². The van der Waals surface area contributed by atoms with Crippen LogP contribution in [0.4, 0.5) is 5.82 Å². The lowest BCUT2D eigenvalue weighted by Crippen LogP contribution is -2.25. The summed E-state index contributed by atoms with van der Waals surface area (Å²) in [5.74, 6) is 0.544. The molecule has 0 saturated heterocycles. The molecular weight excluding hydrogens is 196 g/mol. The lowest BCUT2D eigenvalue weighted by atomic mass is 10.1. The van der Waals surface area contributed by atoms with Crippen LogP contribution < -0.4 is 11.5 Å². The van der Waals surface area contributed by atoms with Gasteiger partial charge in [0.15, 0.2) is 0 Å². The van der Waals surface area contributed by atoms with Crippen molar-refractivity contribution in [2.45, 2.75) is 33.2 Å².